The number of nitrogens with zero attached hydrogens (tertiary/aromatic N) is 3. The maximum absolute atomic E-state index is 12.8. The van der Waals surface area contributed by atoms with Gasteiger partial charge in [0, 0.05) is 37.4 Å². The molecule has 1 N–H and O–H groups in total. The van der Waals surface area contributed by atoms with Crippen molar-refractivity contribution in [1.82, 2.24) is 9.29 Å². The topological polar surface area (TPSA) is 101 Å². The molecule has 2 fully saturated rings. The van der Waals surface area contributed by atoms with Crippen LogP contribution in [0.4, 0.5) is 10.8 Å². The number of benzene rings is 2. The van der Waals surface area contributed by atoms with Gasteiger partial charge in [-0.05, 0) is 42.5 Å². The van der Waals surface area contributed by atoms with Gasteiger partial charge >= 0.3 is 0 Å². The lowest BCUT2D eigenvalue weighted by Gasteiger charge is -2.26. The molecule has 0 spiro atoms. The molecule has 2 saturated heterocycles. The van der Waals surface area contributed by atoms with Gasteiger partial charge in [0.1, 0.15) is 0 Å². The molecule has 0 aliphatic carbocycles. The number of fused-ring (bicyclic) bond motifs is 1. The quantitative estimate of drug-likeness (QED) is 0.589. The molecule has 0 bridgehead atoms. The summed E-state index contributed by atoms with van der Waals surface area (Å²) in [5.41, 5.74) is 1.93. The van der Waals surface area contributed by atoms with Gasteiger partial charge in [0.2, 0.25) is 10.0 Å². The molecule has 174 valence electrons. The van der Waals surface area contributed by atoms with Gasteiger partial charge < -0.3 is 19.7 Å². The van der Waals surface area contributed by atoms with Crippen molar-refractivity contribution in [3.63, 3.8) is 0 Å². The summed E-state index contributed by atoms with van der Waals surface area (Å²) < 4.78 is 38.5. The van der Waals surface area contributed by atoms with E-state index in [-0.39, 0.29) is 10.8 Å². The molecule has 1 amide bonds. The van der Waals surface area contributed by atoms with Crippen LogP contribution in [-0.2, 0) is 19.5 Å². The second kappa shape index (κ2) is 9.35. The predicted octanol–water partition coefficient (Wildman–Crippen LogP) is 2.41. The average Bonchev–Trinajstić information content (AvgIpc) is 3.29. The number of sulfonamides is 1. The Labute approximate surface area is 196 Å². The SMILES string of the molecule is O=C(Nc1ccc2nc(N3CCOCC3)sc2c1)c1ccc(S(=O)(=O)N2CCOCC2)cc1. The largest absolute Gasteiger partial charge is 0.379 e. The van der Waals surface area contributed by atoms with Crippen molar-refractivity contribution in [2.24, 2.45) is 0 Å². The van der Waals surface area contributed by atoms with Crippen molar-refractivity contribution >= 4 is 48.3 Å². The molecule has 9 nitrogen and oxygen atoms in total. The number of carbonyl (C=O) groups is 1. The number of carbonyl (C=O) groups excluding carboxylic acids is 1. The van der Waals surface area contributed by atoms with Crippen molar-refractivity contribution in [2.45, 2.75) is 4.90 Å². The van der Waals surface area contributed by atoms with E-state index in [9.17, 15) is 13.2 Å². The van der Waals surface area contributed by atoms with E-state index in [1.165, 1.54) is 28.6 Å². The number of aromatic nitrogens is 1. The number of ether oxygens (including phenoxy) is 2. The van der Waals surface area contributed by atoms with Gasteiger partial charge in [-0.25, -0.2) is 13.4 Å². The van der Waals surface area contributed by atoms with Crippen LogP contribution in [0.1, 0.15) is 10.4 Å². The monoisotopic (exact) mass is 488 g/mol. The average molecular weight is 489 g/mol. The maximum Gasteiger partial charge on any atom is 0.255 e. The first-order chi connectivity index (χ1) is 16.0. The molecule has 3 heterocycles. The Morgan fingerprint density at radius 1 is 0.939 bits per heavy atom. The molecular formula is C22H24N4O5S2. The third kappa shape index (κ3) is 4.73. The number of thiazole rings is 1. The fourth-order valence-electron chi connectivity index (χ4n) is 3.80. The standard InChI is InChI=1S/C22H24N4O5S2/c27-21(16-1-4-18(5-2-16)33(28,29)26-9-13-31-14-10-26)23-17-3-6-19-20(15-17)32-22(24-19)25-7-11-30-12-8-25/h1-6,15H,7-14H2,(H,23,27). The first-order valence-electron chi connectivity index (χ1n) is 10.7. The third-order valence-electron chi connectivity index (χ3n) is 5.64. The lowest BCUT2D eigenvalue weighted by atomic mass is 10.2. The first kappa shape index (κ1) is 22.2. The second-order valence-corrected chi connectivity index (χ2v) is 10.7. The molecule has 33 heavy (non-hydrogen) atoms. The fourth-order valence-corrected chi connectivity index (χ4v) is 6.26. The lowest BCUT2D eigenvalue weighted by molar-refractivity contribution is 0.0730. The molecule has 0 radical (unpaired) electrons. The first-order valence-corrected chi connectivity index (χ1v) is 13.0. The Morgan fingerprint density at radius 3 is 2.30 bits per heavy atom. The second-order valence-electron chi connectivity index (χ2n) is 7.77. The summed E-state index contributed by atoms with van der Waals surface area (Å²) in [6, 6.07) is 11.6. The molecular weight excluding hydrogens is 464 g/mol. The van der Waals surface area contributed by atoms with Crippen LogP contribution in [0.3, 0.4) is 0 Å². The Morgan fingerprint density at radius 2 is 1.61 bits per heavy atom. The zero-order valence-electron chi connectivity index (χ0n) is 17.9. The van der Waals surface area contributed by atoms with Crippen LogP contribution in [0.5, 0.6) is 0 Å². The number of amides is 1. The van der Waals surface area contributed by atoms with Crippen LogP contribution in [0, 0.1) is 0 Å². The Kier molecular flexibility index (Phi) is 6.30. The number of hydrogen-bond acceptors (Lipinski definition) is 8. The van der Waals surface area contributed by atoms with Crippen molar-refractivity contribution in [2.75, 3.05) is 62.8 Å². The van der Waals surface area contributed by atoms with Crippen LogP contribution in [0.2, 0.25) is 0 Å². The zero-order chi connectivity index (χ0) is 22.8. The highest BCUT2D eigenvalue weighted by atomic mass is 32.2. The van der Waals surface area contributed by atoms with E-state index in [1.807, 2.05) is 18.2 Å². The highest BCUT2D eigenvalue weighted by Gasteiger charge is 2.26. The van der Waals surface area contributed by atoms with Gasteiger partial charge in [-0.1, -0.05) is 11.3 Å². The zero-order valence-corrected chi connectivity index (χ0v) is 19.5. The van der Waals surface area contributed by atoms with Gasteiger partial charge in [0.15, 0.2) is 5.13 Å². The van der Waals surface area contributed by atoms with Crippen molar-refractivity contribution in [3.8, 4) is 0 Å². The minimum Gasteiger partial charge on any atom is -0.379 e. The van der Waals surface area contributed by atoms with Crippen LogP contribution < -0.4 is 10.2 Å². The van der Waals surface area contributed by atoms with E-state index in [0.717, 1.165) is 28.4 Å². The van der Waals surface area contributed by atoms with Crippen LogP contribution in [0.15, 0.2) is 47.4 Å². The Hall–Kier alpha value is -2.57. The molecule has 2 aromatic carbocycles. The number of rotatable bonds is 5. The minimum atomic E-state index is -3.59. The van der Waals surface area contributed by atoms with E-state index >= 15 is 0 Å². The number of hydrogen-bond donors (Lipinski definition) is 1. The number of morpholine rings is 2. The number of anilines is 2. The molecule has 1 aromatic heterocycles. The molecule has 0 saturated carbocycles. The molecule has 11 heteroatoms. The highest BCUT2D eigenvalue weighted by molar-refractivity contribution is 7.89. The van der Waals surface area contributed by atoms with Gasteiger partial charge in [0.25, 0.3) is 5.91 Å². The smallest absolute Gasteiger partial charge is 0.255 e. The van der Waals surface area contributed by atoms with E-state index in [1.54, 1.807) is 11.3 Å². The molecule has 0 atom stereocenters. The fraction of sp³-hybridized carbons (Fsp3) is 0.364. The van der Waals surface area contributed by atoms with Gasteiger partial charge in [-0.15, -0.1) is 0 Å². The van der Waals surface area contributed by atoms with E-state index in [2.05, 4.69) is 10.2 Å². The maximum atomic E-state index is 12.8. The van der Waals surface area contributed by atoms with Crippen LogP contribution >= 0.6 is 11.3 Å². The van der Waals surface area contributed by atoms with Crippen LogP contribution in [-0.4, -0.2) is 76.2 Å². The predicted molar refractivity (Wildman–Crippen MR) is 127 cm³/mol. The van der Waals surface area contributed by atoms with Gasteiger partial charge in [-0.3, -0.25) is 4.79 Å². The van der Waals surface area contributed by atoms with E-state index < -0.39 is 10.0 Å². The Balaban J connectivity index is 1.28. The lowest BCUT2D eigenvalue weighted by Crippen LogP contribution is -2.40. The molecule has 2 aliphatic heterocycles. The summed E-state index contributed by atoms with van der Waals surface area (Å²) in [5.74, 6) is -0.303. The van der Waals surface area contributed by atoms with Gasteiger partial charge in [-0.2, -0.15) is 4.31 Å². The summed E-state index contributed by atoms with van der Waals surface area (Å²) in [6.45, 7) is 4.47. The van der Waals surface area contributed by atoms with E-state index in [4.69, 9.17) is 14.5 Å². The third-order valence-corrected chi connectivity index (χ3v) is 8.63. The summed E-state index contributed by atoms with van der Waals surface area (Å²) in [6.07, 6.45) is 0. The summed E-state index contributed by atoms with van der Waals surface area (Å²) >= 11 is 1.59. The van der Waals surface area contributed by atoms with Crippen molar-refractivity contribution in [3.05, 3.63) is 48.0 Å². The normalized spacial score (nSPS) is 17.9. The van der Waals surface area contributed by atoms with Gasteiger partial charge in [0.05, 0.1) is 41.5 Å². The van der Waals surface area contributed by atoms with Crippen molar-refractivity contribution < 1.29 is 22.7 Å². The summed E-state index contributed by atoms with van der Waals surface area (Å²) in [4.78, 5) is 19.8. The summed E-state index contributed by atoms with van der Waals surface area (Å²) in [7, 11) is -3.59. The highest BCUT2D eigenvalue weighted by Crippen LogP contribution is 2.31. The van der Waals surface area contributed by atoms with Crippen LogP contribution in [0.25, 0.3) is 10.2 Å². The minimum absolute atomic E-state index is 0.169. The van der Waals surface area contributed by atoms with E-state index in [0.29, 0.717) is 50.8 Å². The molecule has 0 unspecified atom stereocenters. The Bertz CT molecular complexity index is 1250. The number of nitrogens with one attached hydrogen (secondary N) is 1. The molecule has 5 rings (SSSR count). The summed E-state index contributed by atoms with van der Waals surface area (Å²) in [5, 5.41) is 3.84. The molecule has 3 aromatic rings. The molecule has 2 aliphatic rings. The van der Waals surface area contributed by atoms with Crippen molar-refractivity contribution in [1.29, 1.82) is 0 Å².